The van der Waals surface area contributed by atoms with E-state index >= 15 is 0 Å². The van der Waals surface area contributed by atoms with Crippen LogP contribution in [0.2, 0.25) is 10.0 Å². The highest BCUT2D eigenvalue weighted by atomic mass is 35.5. The molecule has 244 valence electrons. The van der Waals surface area contributed by atoms with E-state index in [2.05, 4.69) is 40.5 Å². The maximum absolute atomic E-state index is 13.9. The first-order valence-electron chi connectivity index (χ1n) is 15.6. The van der Waals surface area contributed by atoms with Crippen molar-refractivity contribution in [3.63, 3.8) is 0 Å². The lowest BCUT2D eigenvalue weighted by Gasteiger charge is -2.43. The fraction of sp³-hybridized carbons (Fsp3) is 0.471. The fourth-order valence-electron chi connectivity index (χ4n) is 6.21. The SMILES string of the molecule is CC(CCC(=O)c1cnc(C#N)nc1N1CC[C@H](S(=O)(=O)c2ccc(N3CCN(C(C)(C)C)CC3)cc2Cl)C1)c1ccc(Cl)cc1. The maximum atomic E-state index is 13.9. The van der Waals surface area contributed by atoms with E-state index in [-0.39, 0.29) is 51.5 Å². The minimum atomic E-state index is -3.79. The summed E-state index contributed by atoms with van der Waals surface area (Å²) < 4.78 is 27.7. The lowest BCUT2D eigenvalue weighted by molar-refractivity contribution is 0.0977. The summed E-state index contributed by atoms with van der Waals surface area (Å²) >= 11 is 12.7. The average molecular weight is 684 g/mol. The molecule has 0 N–H and O–H groups in total. The Morgan fingerprint density at radius 2 is 1.74 bits per heavy atom. The van der Waals surface area contributed by atoms with Gasteiger partial charge in [-0.15, -0.1) is 0 Å². The summed E-state index contributed by atoms with van der Waals surface area (Å²) in [5.41, 5.74) is 2.37. The molecule has 0 amide bonds. The Bertz CT molecular complexity index is 1730. The van der Waals surface area contributed by atoms with Crippen LogP contribution in [0.3, 0.4) is 0 Å². The van der Waals surface area contributed by atoms with Gasteiger partial charge in [0.15, 0.2) is 15.6 Å². The molecule has 2 atom stereocenters. The molecule has 1 unspecified atom stereocenters. The zero-order chi connectivity index (χ0) is 33.2. The van der Waals surface area contributed by atoms with E-state index in [1.54, 1.807) is 17.0 Å². The molecule has 5 rings (SSSR count). The quantitative estimate of drug-likeness (QED) is 0.237. The third-order valence-corrected chi connectivity index (χ3v) is 12.0. The van der Waals surface area contributed by atoms with Crippen LogP contribution in [0.25, 0.3) is 0 Å². The van der Waals surface area contributed by atoms with Gasteiger partial charge in [0.05, 0.1) is 20.7 Å². The molecule has 2 aliphatic rings. The molecule has 0 aliphatic carbocycles. The van der Waals surface area contributed by atoms with E-state index in [0.29, 0.717) is 30.2 Å². The molecule has 0 saturated carbocycles. The van der Waals surface area contributed by atoms with E-state index in [1.807, 2.05) is 43.3 Å². The lowest BCUT2D eigenvalue weighted by Crippen LogP contribution is -2.53. The van der Waals surface area contributed by atoms with Crippen molar-refractivity contribution in [2.45, 2.75) is 68.6 Å². The van der Waals surface area contributed by atoms with Gasteiger partial charge in [-0.25, -0.2) is 18.4 Å². The van der Waals surface area contributed by atoms with Crippen LogP contribution in [0.4, 0.5) is 11.5 Å². The minimum Gasteiger partial charge on any atom is -0.369 e. The van der Waals surface area contributed by atoms with Crippen molar-refractivity contribution in [3.8, 4) is 6.07 Å². The molecule has 0 spiro atoms. The number of hydrogen-bond acceptors (Lipinski definition) is 9. The predicted octanol–water partition coefficient (Wildman–Crippen LogP) is 6.39. The standard InChI is InChI=1S/C34H40Cl2N6O3S/c1-23(24-6-8-25(35)9-7-24)5-11-30(43)28-21-38-32(20-37)39-33(28)41-14-13-27(22-41)46(44,45)31-12-10-26(19-29(31)36)40-15-17-42(18-16-40)34(2,3)4/h6-10,12,19,21,23,27H,5,11,13-18,22H2,1-4H3/t23?,27-/m0/s1. The smallest absolute Gasteiger partial charge is 0.234 e. The van der Waals surface area contributed by atoms with E-state index in [4.69, 9.17) is 23.2 Å². The van der Waals surface area contributed by atoms with E-state index in [0.717, 1.165) is 37.4 Å². The third-order valence-electron chi connectivity index (χ3n) is 9.11. The summed E-state index contributed by atoms with van der Waals surface area (Å²) in [6, 6.07) is 14.7. The summed E-state index contributed by atoms with van der Waals surface area (Å²) in [4.78, 5) is 28.4. The molecule has 3 aromatic rings. The number of sulfone groups is 1. The molecule has 0 radical (unpaired) electrons. The van der Waals surface area contributed by atoms with Crippen LogP contribution in [0.5, 0.6) is 0 Å². The van der Waals surface area contributed by atoms with Crippen molar-refractivity contribution in [3.05, 3.63) is 75.7 Å². The second-order valence-corrected chi connectivity index (χ2v) is 16.2. The van der Waals surface area contributed by atoms with Gasteiger partial charge >= 0.3 is 0 Å². The highest BCUT2D eigenvalue weighted by Crippen LogP contribution is 2.35. The van der Waals surface area contributed by atoms with Gasteiger partial charge in [-0.3, -0.25) is 9.69 Å². The number of carbonyl (C=O) groups excluding carboxylic acids is 1. The predicted molar refractivity (Wildman–Crippen MR) is 183 cm³/mol. The number of rotatable bonds is 9. The van der Waals surface area contributed by atoms with Gasteiger partial charge in [0.1, 0.15) is 11.9 Å². The Labute approximate surface area is 282 Å². The van der Waals surface area contributed by atoms with Crippen molar-refractivity contribution in [1.29, 1.82) is 5.26 Å². The first kappa shape index (κ1) is 34.1. The minimum absolute atomic E-state index is 0.0747. The van der Waals surface area contributed by atoms with E-state index < -0.39 is 15.1 Å². The number of aromatic nitrogens is 2. The van der Waals surface area contributed by atoms with Gasteiger partial charge < -0.3 is 9.80 Å². The molecule has 46 heavy (non-hydrogen) atoms. The number of anilines is 2. The lowest BCUT2D eigenvalue weighted by atomic mass is 9.94. The highest BCUT2D eigenvalue weighted by molar-refractivity contribution is 7.92. The number of hydrogen-bond donors (Lipinski definition) is 0. The second kappa shape index (κ2) is 13.9. The Morgan fingerprint density at radius 3 is 2.37 bits per heavy atom. The van der Waals surface area contributed by atoms with Crippen molar-refractivity contribution < 1.29 is 13.2 Å². The van der Waals surface area contributed by atoms with Crippen LogP contribution in [0, 0.1) is 11.3 Å². The normalized spacial score (nSPS) is 18.4. The molecule has 0 bridgehead atoms. The molecule has 2 fully saturated rings. The van der Waals surface area contributed by atoms with Gasteiger partial charge in [0, 0.05) is 68.1 Å². The summed E-state index contributed by atoms with van der Waals surface area (Å²) in [5, 5.41) is 9.58. The maximum Gasteiger partial charge on any atom is 0.234 e. The van der Waals surface area contributed by atoms with Crippen molar-refractivity contribution >= 4 is 50.3 Å². The molecule has 3 heterocycles. The van der Waals surface area contributed by atoms with Crippen LogP contribution in [0.15, 0.2) is 53.6 Å². The molecule has 2 saturated heterocycles. The molecular formula is C34H40Cl2N6O3S. The van der Waals surface area contributed by atoms with Gasteiger partial charge in [-0.05, 0) is 75.4 Å². The van der Waals surface area contributed by atoms with E-state index in [1.165, 1.54) is 6.20 Å². The van der Waals surface area contributed by atoms with Gasteiger partial charge in [-0.1, -0.05) is 42.3 Å². The highest BCUT2D eigenvalue weighted by Gasteiger charge is 2.37. The summed E-state index contributed by atoms with van der Waals surface area (Å²) in [6.45, 7) is 12.7. The first-order chi connectivity index (χ1) is 21.8. The number of ketones is 1. The fourth-order valence-corrected chi connectivity index (χ4v) is 8.57. The Kier molecular flexibility index (Phi) is 10.3. The summed E-state index contributed by atoms with van der Waals surface area (Å²) in [5.74, 6) is 0.182. The average Bonchev–Trinajstić information content (AvgIpc) is 3.54. The number of carbonyl (C=O) groups is 1. The molecule has 2 aliphatic heterocycles. The molecule has 1 aromatic heterocycles. The van der Waals surface area contributed by atoms with Crippen molar-refractivity contribution in [1.82, 2.24) is 14.9 Å². The third kappa shape index (κ3) is 7.49. The summed E-state index contributed by atoms with van der Waals surface area (Å²) in [7, 11) is -3.79. The number of benzene rings is 2. The second-order valence-electron chi connectivity index (χ2n) is 13.1. The van der Waals surface area contributed by atoms with Gasteiger partial charge in [-0.2, -0.15) is 5.26 Å². The molecular weight excluding hydrogens is 643 g/mol. The van der Waals surface area contributed by atoms with Crippen molar-refractivity contribution in [2.75, 3.05) is 49.1 Å². The zero-order valence-corrected chi connectivity index (χ0v) is 29.0. The molecule has 12 heteroatoms. The topological polar surface area (TPSA) is 110 Å². The number of nitriles is 1. The zero-order valence-electron chi connectivity index (χ0n) is 26.7. The largest absolute Gasteiger partial charge is 0.369 e. The van der Waals surface area contributed by atoms with Crippen LogP contribution in [0.1, 0.15) is 74.6 Å². The number of Topliss-reactive ketones (excluding diaryl/α,β-unsaturated/α-hetero) is 1. The van der Waals surface area contributed by atoms with Crippen LogP contribution in [-0.2, 0) is 9.84 Å². The Morgan fingerprint density at radius 1 is 1.04 bits per heavy atom. The first-order valence-corrected chi connectivity index (χ1v) is 17.9. The molecule has 9 nitrogen and oxygen atoms in total. The number of piperazine rings is 1. The van der Waals surface area contributed by atoms with Gasteiger partial charge in [0.25, 0.3) is 0 Å². The van der Waals surface area contributed by atoms with Crippen molar-refractivity contribution in [2.24, 2.45) is 0 Å². The number of nitrogens with zero attached hydrogens (tertiary/aromatic N) is 6. The number of halogens is 2. The molecule has 2 aromatic carbocycles. The van der Waals surface area contributed by atoms with Crippen LogP contribution >= 0.6 is 23.2 Å². The monoisotopic (exact) mass is 682 g/mol. The Balaban J connectivity index is 1.29. The van der Waals surface area contributed by atoms with E-state index in [9.17, 15) is 18.5 Å². The van der Waals surface area contributed by atoms with Gasteiger partial charge in [0.2, 0.25) is 5.82 Å². The van der Waals surface area contributed by atoms with Crippen LogP contribution in [-0.4, -0.2) is 79.1 Å². The Hall–Kier alpha value is -3.23. The van der Waals surface area contributed by atoms with Crippen LogP contribution < -0.4 is 9.80 Å². The summed E-state index contributed by atoms with van der Waals surface area (Å²) in [6.07, 6.45) is 2.56.